The van der Waals surface area contributed by atoms with Gasteiger partial charge < -0.3 is 10.1 Å². The fourth-order valence-electron chi connectivity index (χ4n) is 2.12. The van der Waals surface area contributed by atoms with Crippen LogP contribution in [-0.2, 0) is 10.2 Å². The molecule has 2 rings (SSSR count). The molecule has 0 amide bonds. The summed E-state index contributed by atoms with van der Waals surface area (Å²) in [5.41, 5.74) is -0.143. The number of halogens is 1. The molecule has 0 radical (unpaired) electrons. The van der Waals surface area contributed by atoms with E-state index in [1.807, 2.05) is 0 Å². The maximum atomic E-state index is 6.07. The first-order valence-corrected chi connectivity index (χ1v) is 7.07. The number of nitrogens with zero attached hydrogens (tertiary/aromatic N) is 2. The van der Waals surface area contributed by atoms with Crippen LogP contribution in [0.2, 0.25) is 5.15 Å². The molecule has 1 N–H and O–H groups in total. The van der Waals surface area contributed by atoms with Crippen molar-refractivity contribution in [2.75, 3.05) is 19.0 Å². The Morgan fingerprint density at radius 2 is 2.05 bits per heavy atom. The van der Waals surface area contributed by atoms with Gasteiger partial charge >= 0.3 is 0 Å². The van der Waals surface area contributed by atoms with Gasteiger partial charge in [0.1, 0.15) is 16.8 Å². The molecule has 0 aromatic carbocycles. The monoisotopic (exact) mass is 283 g/mol. The van der Waals surface area contributed by atoms with Crippen LogP contribution in [0.1, 0.15) is 45.9 Å². The zero-order chi connectivity index (χ0) is 14.1. The minimum Gasteiger partial charge on any atom is -0.376 e. The lowest BCUT2D eigenvalue weighted by Crippen LogP contribution is -2.45. The van der Waals surface area contributed by atoms with E-state index in [9.17, 15) is 0 Å². The van der Waals surface area contributed by atoms with E-state index in [2.05, 4.69) is 36.1 Å². The minimum absolute atomic E-state index is 0.0285. The number of rotatable bonds is 4. The fraction of sp³-hybridized carbons (Fsp3) is 0.714. The SMILES string of the molecule is COC1(CNc2cc(Cl)nc(C(C)(C)C)n2)CCC1. The van der Waals surface area contributed by atoms with Crippen LogP contribution in [0, 0.1) is 0 Å². The summed E-state index contributed by atoms with van der Waals surface area (Å²) < 4.78 is 5.58. The molecule has 19 heavy (non-hydrogen) atoms. The van der Waals surface area contributed by atoms with Gasteiger partial charge in [0.15, 0.2) is 0 Å². The number of anilines is 1. The van der Waals surface area contributed by atoms with Crippen molar-refractivity contribution in [1.82, 2.24) is 9.97 Å². The smallest absolute Gasteiger partial charge is 0.137 e. The van der Waals surface area contributed by atoms with Crippen LogP contribution < -0.4 is 5.32 Å². The Kier molecular flexibility index (Phi) is 4.02. The average molecular weight is 284 g/mol. The molecule has 106 valence electrons. The first-order chi connectivity index (χ1) is 8.85. The van der Waals surface area contributed by atoms with Gasteiger partial charge in [0.25, 0.3) is 0 Å². The van der Waals surface area contributed by atoms with Gasteiger partial charge in [0.05, 0.1) is 5.60 Å². The van der Waals surface area contributed by atoms with Gasteiger partial charge in [-0.05, 0) is 19.3 Å². The van der Waals surface area contributed by atoms with Crippen LogP contribution in [0.4, 0.5) is 5.82 Å². The summed E-state index contributed by atoms with van der Waals surface area (Å²) in [6.07, 6.45) is 3.43. The van der Waals surface area contributed by atoms with E-state index >= 15 is 0 Å². The fourth-order valence-corrected chi connectivity index (χ4v) is 2.30. The van der Waals surface area contributed by atoms with Crippen molar-refractivity contribution in [1.29, 1.82) is 0 Å². The van der Waals surface area contributed by atoms with Gasteiger partial charge in [-0.1, -0.05) is 32.4 Å². The third-order valence-corrected chi connectivity index (χ3v) is 3.85. The van der Waals surface area contributed by atoms with Gasteiger partial charge in [-0.25, -0.2) is 9.97 Å². The van der Waals surface area contributed by atoms with Gasteiger partial charge in [-0.3, -0.25) is 0 Å². The number of hydrogen-bond donors (Lipinski definition) is 1. The predicted octanol–water partition coefficient (Wildman–Crippen LogP) is 3.41. The minimum atomic E-state index is -0.114. The Morgan fingerprint density at radius 3 is 2.53 bits per heavy atom. The average Bonchev–Trinajstić information content (AvgIpc) is 2.26. The van der Waals surface area contributed by atoms with Crippen LogP contribution in [0.15, 0.2) is 6.07 Å². The number of ether oxygens (including phenoxy) is 1. The maximum Gasteiger partial charge on any atom is 0.137 e. The van der Waals surface area contributed by atoms with E-state index in [0.717, 1.165) is 31.0 Å². The molecule has 1 aliphatic carbocycles. The molecule has 0 unspecified atom stereocenters. The Morgan fingerprint density at radius 1 is 1.37 bits per heavy atom. The highest BCUT2D eigenvalue weighted by Gasteiger charge is 2.36. The standard InChI is InChI=1S/C14H22ClN3O/c1-13(2,3)12-17-10(15)8-11(18-12)16-9-14(19-4)6-5-7-14/h8H,5-7,9H2,1-4H3,(H,16,17,18). The van der Waals surface area contributed by atoms with Crippen molar-refractivity contribution < 1.29 is 4.74 Å². The predicted molar refractivity (Wildman–Crippen MR) is 77.8 cm³/mol. The zero-order valence-electron chi connectivity index (χ0n) is 12.1. The first kappa shape index (κ1) is 14.5. The molecule has 0 aliphatic heterocycles. The van der Waals surface area contributed by atoms with Crippen LogP contribution in [0.25, 0.3) is 0 Å². The zero-order valence-corrected chi connectivity index (χ0v) is 12.8. The number of nitrogens with one attached hydrogen (secondary N) is 1. The molecule has 1 fully saturated rings. The highest BCUT2D eigenvalue weighted by molar-refractivity contribution is 6.29. The second-order valence-electron chi connectivity index (χ2n) is 6.24. The van der Waals surface area contributed by atoms with Crippen molar-refractivity contribution in [3.8, 4) is 0 Å². The van der Waals surface area contributed by atoms with E-state index in [-0.39, 0.29) is 11.0 Å². The van der Waals surface area contributed by atoms with Crippen molar-refractivity contribution in [2.45, 2.75) is 51.0 Å². The van der Waals surface area contributed by atoms with Gasteiger partial charge in [-0.2, -0.15) is 0 Å². The summed E-state index contributed by atoms with van der Waals surface area (Å²) in [4.78, 5) is 8.83. The van der Waals surface area contributed by atoms with E-state index in [1.165, 1.54) is 6.42 Å². The molecular weight excluding hydrogens is 262 g/mol. The Hall–Kier alpha value is -0.870. The summed E-state index contributed by atoms with van der Waals surface area (Å²) >= 11 is 6.07. The molecule has 4 nitrogen and oxygen atoms in total. The molecule has 5 heteroatoms. The van der Waals surface area contributed by atoms with E-state index in [0.29, 0.717) is 5.15 Å². The molecule has 0 spiro atoms. The Balaban J connectivity index is 2.10. The lowest BCUT2D eigenvalue weighted by Gasteiger charge is -2.40. The topological polar surface area (TPSA) is 47.0 Å². The Labute approximate surface area is 119 Å². The van der Waals surface area contributed by atoms with E-state index < -0.39 is 0 Å². The molecule has 1 saturated carbocycles. The number of methoxy groups -OCH3 is 1. The van der Waals surface area contributed by atoms with Crippen LogP contribution in [0.3, 0.4) is 0 Å². The van der Waals surface area contributed by atoms with Gasteiger partial charge in [-0.15, -0.1) is 0 Å². The quantitative estimate of drug-likeness (QED) is 0.860. The molecule has 1 heterocycles. The highest BCUT2D eigenvalue weighted by atomic mass is 35.5. The Bertz CT molecular complexity index is 447. The second-order valence-corrected chi connectivity index (χ2v) is 6.63. The molecule has 1 aromatic heterocycles. The van der Waals surface area contributed by atoms with Crippen LogP contribution >= 0.6 is 11.6 Å². The molecule has 0 bridgehead atoms. The summed E-state index contributed by atoms with van der Waals surface area (Å²) in [5, 5.41) is 3.81. The molecule has 1 aromatic rings. The maximum absolute atomic E-state index is 6.07. The van der Waals surface area contributed by atoms with Crippen LogP contribution in [0.5, 0.6) is 0 Å². The molecule has 0 atom stereocenters. The van der Waals surface area contributed by atoms with Crippen LogP contribution in [-0.4, -0.2) is 29.2 Å². The molecule has 0 saturated heterocycles. The summed E-state index contributed by atoms with van der Waals surface area (Å²) in [6.45, 7) is 6.99. The number of hydrogen-bond acceptors (Lipinski definition) is 4. The summed E-state index contributed by atoms with van der Waals surface area (Å²) in [7, 11) is 1.77. The van der Waals surface area contributed by atoms with Gasteiger partial charge in [0, 0.05) is 25.1 Å². The molecular formula is C14H22ClN3O. The number of aromatic nitrogens is 2. The largest absolute Gasteiger partial charge is 0.376 e. The van der Waals surface area contributed by atoms with Crippen molar-refractivity contribution in [3.63, 3.8) is 0 Å². The van der Waals surface area contributed by atoms with Crippen molar-refractivity contribution in [2.24, 2.45) is 0 Å². The second kappa shape index (κ2) is 5.25. The summed E-state index contributed by atoms with van der Waals surface area (Å²) in [5.74, 6) is 1.52. The normalized spacial score (nSPS) is 17.9. The van der Waals surface area contributed by atoms with E-state index in [4.69, 9.17) is 16.3 Å². The first-order valence-electron chi connectivity index (χ1n) is 6.69. The lowest BCUT2D eigenvalue weighted by atomic mass is 9.80. The molecule has 1 aliphatic rings. The van der Waals surface area contributed by atoms with Gasteiger partial charge in [0.2, 0.25) is 0 Å². The van der Waals surface area contributed by atoms with Crippen molar-refractivity contribution >= 4 is 17.4 Å². The van der Waals surface area contributed by atoms with E-state index in [1.54, 1.807) is 13.2 Å². The lowest BCUT2D eigenvalue weighted by molar-refractivity contribution is -0.0601. The van der Waals surface area contributed by atoms with Crippen molar-refractivity contribution in [3.05, 3.63) is 17.0 Å². The third-order valence-electron chi connectivity index (χ3n) is 3.66. The third kappa shape index (κ3) is 3.37. The summed E-state index contributed by atoms with van der Waals surface area (Å²) in [6, 6.07) is 1.76. The highest BCUT2D eigenvalue weighted by Crippen LogP contribution is 2.35.